The van der Waals surface area contributed by atoms with E-state index in [4.69, 9.17) is 11.6 Å². The van der Waals surface area contributed by atoms with Gasteiger partial charge in [0.25, 0.3) is 0 Å². The summed E-state index contributed by atoms with van der Waals surface area (Å²) in [4.78, 5) is 1.34. The van der Waals surface area contributed by atoms with Gasteiger partial charge >= 0.3 is 0 Å². The fourth-order valence-corrected chi connectivity index (χ4v) is 3.45. The lowest BCUT2D eigenvalue weighted by Crippen LogP contribution is -2.13. The summed E-state index contributed by atoms with van der Waals surface area (Å²) in [6.45, 7) is 4.38. The number of nitrogens with one attached hydrogen (secondary N) is 1. The smallest absolute Gasteiger partial charge is 0.0931 e. The number of unbranched alkanes of at least 4 members (excludes halogenated alkanes) is 9. The highest BCUT2D eigenvalue weighted by Gasteiger charge is 1.97. The molecule has 0 aromatic carbocycles. The highest BCUT2D eigenvalue weighted by atomic mass is 35.5. The summed E-state index contributed by atoms with van der Waals surface area (Å²) in [6.07, 6.45) is 14.0. The van der Waals surface area contributed by atoms with Crippen LogP contribution >= 0.6 is 22.9 Å². The first-order valence-corrected chi connectivity index (χ1v) is 9.47. The Kier molecular flexibility index (Phi) is 11.4. The van der Waals surface area contributed by atoms with Gasteiger partial charge in [0.1, 0.15) is 0 Å². The predicted octanol–water partition coefficient (Wildman–Crippen LogP) is 6.41. The molecule has 1 nitrogen and oxygen atoms in total. The molecule has 3 heteroatoms. The number of hydrogen-bond donors (Lipinski definition) is 1. The number of rotatable bonds is 13. The fraction of sp³-hybridized carbons (Fsp3) is 0.765. The molecular weight excluding hydrogens is 286 g/mol. The van der Waals surface area contributed by atoms with Gasteiger partial charge in [0.2, 0.25) is 0 Å². The fourth-order valence-electron chi connectivity index (χ4n) is 2.40. The third-order valence-corrected chi connectivity index (χ3v) is 4.87. The Labute approximate surface area is 134 Å². The third-order valence-electron chi connectivity index (χ3n) is 3.64. The van der Waals surface area contributed by atoms with Crippen molar-refractivity contribution in [1.82, 2.24) is 5.32 Å². The van der Waals surface area contributed by atoms with Gasteiger partial charge in [-0.3, -0.25) is 0 Å². The molecule has 0 spiro atoms. The van der Waals surface area contributed by atoms with Crippen LogP contribution in [0.15, 0.2) is 12.1 Å². The lowest BCUT2D eigenvalue weighted by Gasteiger charge is -2.04. The van der Waals surface area contributed by atoms with Crippen LogP contribution in [0.4, 0.5) is 0 Å². The van der Waals surface area contributed by atoms with E-state index in [1.165, 1.54) is 69.1 Å². The van der Waals surface area contributed by atoms with Crippen molar-refractivity contribution in [3.8, 4) is 0 Å². The molecule has 0 aliphatic carbocycles. The Hall–Kier alpha value is -0.0500. The third kappa shape index (κ3) is 9.79. The van der Waals surface area contributed by atoms with Gasteiger partial charge in [0.15, 0.2) is 0 Å². The summed E-state index contributed by atoms with van der Waals surface area (Å²) < 4.78 is 0.890. The molecule has 0 unspecified atom stereocenters. The predicted molar refractivity (Wildman–Crippen MR) is 92.9 cm³/mol. The van der Waals surface area contributed by atoms with Crippen LogP contribution in [0.2, 0.25) is 4.34 Å². The van der Waals surface area contributed by atoms with Crippen molar-refractivity contribution in [2.24, 2.45) is 0 Å². The normalized spacial score (nSPS) is 11.1. The van der Waals surface area contributed by atoms with Crippen LogP contribution in [0.3, 0.4) is 0 Å². The Morgan fingerprint density at radius 2 is 1.50 bits per heavy atom. The molecule has 0 atom stereocenters. The van der Waals surface area contributed by atoms with Crippen LogP contribution in [0.25, 0.3) is 0 Å². The van der Waals surface area contributed by atoms with Gasteiger partial charge in [-0.15, -0.1) is 11.3 Å². The van der Waals surface area contributed by atoms with E-state index in [1.807, 2.05) is 6.07 Å². The van der Waals surface area contributed by atoms with E-state index in [2.05, 4.69) is 18.3 Å². The molecule has 0 bridgehead atoms. The maximum absolute atomic E-state index is 5.90. The number of hydrogen-bond acceptors (Lipinski definition) is 2. The molecule has 1 aromatic heterocycles. The van der Waals surface area contributed by atoms with Crippen LogP contribution in [-0.4, -0.2) is 6.54 Å². The van der Waals surface area contributed by atoms with Gasteiger partial charge in [-0.05, 0) is 25.1 Å². The van der Waals surface area contributed by atoms with E-state index in [-0.39, 0.29) is 0 Å². The summed E-state index contributed by atoms with van der Waals surface area (Å²) in [5, 5.41) is 3.49. The second kappa shape index (κ2) is 12.7. The van der Waals surface area contributed by atoms with Crippen molar-refractivity contribution < 1.29 is 0 Å². The van der Waals surface area contributed by atoms with E-state index in [9.17, 15) is 0 Å². The van der Waals surface area contributed by atoms with Crippen molar-refractivity contribution in [2.45, 2.75) is 77.7 Å². The highest BCUT2D eigenvalue weighted by molar-refractivity contribution is 7.16. The van der Waals surface area contributed by atoms with Gasteiger partial charge in [-0.2, -0.15) is 0 Å². The molecule has 1 rings (SSSR count). The largest absolute Gasteiger partial charge is 0.312 e. The van der Waals surface area contributed by atoms with Crippen LogP contribution < -0.4 is 5.32 Å². The summed E-state index contributed by atoms with van der Waals surface area (Å²) in [6, 6.07) is 4.09. The second-order valence-electron chi connectivity index (χ2n) is 5.56. The van der Waals surface area contributed by atoms with Crippen molar-refractivity contribution in [3.63, 3.8) is 0 Å². The lowest BCUT2D eigenvalue weighted by molar-refractivity contribution is 0.544. The Bertz CT molecular complexity index is 325. The summed E-state index contributed by atoms with van der Waals surface area (Å²) >= 11 is 7.58. The molecule has 0 radical (unpaired) electrons. The van der Waals surface area contributed by atoms with Crippen molar-refractivity contribution in [3.05, 3.63) is 21.3 Å². The molecule has 0 saturated carbocycles. The van der Waals surface area contributed by atoms with Gasteiger partial charge < -0.3 is 5.32 Å². The lowest BCUT2D eigenvalue weighted by atomic mass is 10.1. The van der Waals surface area contributed by atoms with Gasteiger partial charge in [0, 0.05) is 11.4 Å². The first-order chi connectivity index (χ1) is 9.83. The molecule has 0 saturated heterocycles. The standard InChI is InChI=1S/C17H30ClNS/c1-2-3-4-5-6-7-8-9-10-11-14-19-15-16-12-13-17(18)20-16/h12-13,19H,2-11,14-15H2,1H3. The van der Waals surface area contributed by atoms with E-state index >= 15 is 0 Å². The highest BCUT2D eigenvalue weighted by Crippen LogP contribution is 2.20. The summed E-state index contributed by atoms with van der Waals surface area (Å²) in [7, 11) is 0. The quantitative estimate of drug-likeness (QED) is 0.414. The SMILES string of the molecule is CCCCCCCCCCCCNCc1ccc(Cl)s1. The minimum Gasteiger partial charge on any atom is -0.312 e. The molecule has 0 amide bonds. The zero-order valence-electron chi connectivity index (χ0n) is 12.9. The molecule has 116 valence electrons. The monoisotopic (exact) mass is 315 g/mol. The van der Waals surface area contributed by atoms with Gasteiger partial charge in [0.05, 0.1) is 4.34 Å². The van der Waals surface area contributed by atoms with Crippen molar-refractivity contribution in [2.75, 3.05) is 6.54 Å². The minimum absolute atomic E-state index is 0.890. The van der Waals surface area contributed by atoms with Gasteiger partial charge in [-0.25, -0.2) is 0 Å². The first kappa shape index (κ1) is 18.0. The minimum atomic E-state index is 0.890. The maximum Gasteiger partial charge on any atom is 0.0931 e. The van der Waals surface area contributed by atoms with Crippen molar-refractivity contribution in [1.29, 1.82) is 0 Å². The van der Waals surface area contributed by atoms with Crippen LogP contribution in [0.1, 0.15) is 76.0 Å². The van der Waals surface area contributed by atoms with E-state index in [0.29, 0.717) is 0 Å². The summed E-state index contributed by atoms with van der Waals surface area (Å²) in [5.41, 5.74) is 0. The second-order valence-corrected chi connectivity index (χ2v) is 7.36. The Morgan fingerprint density at radius 3 is 2.05 bits per heavy atom. The van der Waals surface area contributed by atoms with Crippen LogP contribution in [0.5, 0.6) is 0 Å². The molecule has 1 aromatic rings. The van der Waals surface area contributed by atoms with Crippen LogP contribution in [0, 0.1) is 0 Å². The first-order valence-electron chi connectivity index (χ1n) is 8.28. The van der Waals surface area contributed by atoms with E-state index in [1.54, 1.807) is 11.3 Å². The maximum atomic E-state index is 5.90. The summed E-state index contributed by atoms with van der Waals surface area (Å²) in [5.74, 6) is 0. The zero-order valence-corrected chi connectivity index (χ0v) is 14.5. The molecule has 0 aliphatic heterocycles. The van der Waals surface area contributed by atoms with Crippen molar-refractivity contribution >= 4 is 22.9 Å². The average molecular weight is 316 g/mol. The average Bonchev–Trinajstić information content (AvgIpc) is 2.86. The van der Waals surface area contributed by atoms with Gasteiger partial charge in [-0.1, -0.05) is 76.3 Å². The van der Waals surface area contributed by atoms with E-state index in [0.717, 1.165) is 17.4 Å². The molecule has 0 fully saturated rings. The zero-order chi connectivity index (χ0) is 14.5. The Morgan fingerprint density at radius 1 is 0.900 bits per heavy atom. The van der Waals surface area contributed by atoms with E-state index < -0.39 is 0 Å². The topological polar surface area (TPSA) is 12.0 Å². The molecule has 1 N–H and O–H groups in total. The molecular formula is C17H30ClNS. The molecule has 20 heavy (non-hydrogen) atoms. The molecule has 1 heterocycles. The Balaban J connectivity index is 1.76. The number of thiophene rings is 1. The molecule has 0 aliphatic rings. The van der Waals surface area contributed by atoms with Crippen LogP contribution in [-0.2, 0) is 6.54 Å². The number of halogens is 1.